The highest BCUT2D eigenvalue weighted by atomic mass is 35.5. The zero-order valence-corrected chi connectivity index (χ0v) is 18.3. The van der Waals surface area contributed by atoms with Crippen LogP contribution in [0, 0.1) is 6.92 Å². The maximum Gasteiger partial charge on any atom is 0.263 e. The van der Waals surface area contributed by atoms with E-state index in [0.717, 1.165) is 60.5 Å². The minimum absolute atomic E-state index is 0.0344. The van der Waals surface area contributed by atoms with Crippen LogP contribution in [-0.2, 0) is 4.74 Å². The van der Waals surface area contributed by atoms with Crippen LogP contribution in [0.2, 0.25) is 5.02 Å². The molecule has 28 heavy (non-hydrogen) atoms. The van der Waals surface area contributed by atoms with Gasteiger partial charge in [0.15, 0.2) is 0 Å². The summed E-state index contributed by atoms with van der Waals surface area (Å²) in [6, 6.07) is 7.58. The second-order valence-electron chi connectivity index (χ2n) is 7.25. The molecule has 2 aliphatic heterocycles. The van der Waals surface area contributed by atoms with Crippen molar-refractivity contribution >= 4 is 40.6 Å². The molecule has 0 radical (unpaired) electrons. The molecule has 3 heterocycles. The maximum absolute atomic E-state index is 12.9. The van der Waals surface area contributed by atoms with E-state index in [4.69, 9.17) is 16.3 Å². The fourth-order valence-corrected chi connectivity index (χ4v) is 6.46. The number of hydrogen-bond donors (Lipinski definition) is 1. The lowest BCUT2D eigenvalue weighted by atomic mass is 9.95. The van der Waals surface area contributed by atoms with Crippen LogP contribution in [-0.4, -0.2) is 65.7 Å². The Balaban J connectivity index is 1.47. The number of thioether (sulfide) groups is 1. The van der Waals surface area contributed by atoms with Gasteiger partial charge in [-0.25, -0.2) is 4.98 Å². The zero-order chi connectivity index (χ0) is 19.6. The topological polar surface area (TPSA) is 54.5 Å². The third-order valence-electron chi connectivity index (χ3n) is 5.42. The van der Waals surface area contributed by atoms with Crippen LogP contribution >= 0.6 is 34.7 Å². The van der Waals surface area contributed by atoms with Gasteiger partial charge in [-0.2, -0.15) is 11.8 Å². The number of rotatable bonds is 5. The number of carbonyl (C=O) groups is 1. The number of thiazole rings is 1. The Kier molecular flexibility index (Phi) is 6.27. The van der Waals surface area contributed by atoms with Crippen molar-refractivity contribution in [1.29, 1.82) is 0 Å². The molecule has 5 nitrogen and oxygen atoms in total. The lowest BCUT2D eigenvalue weighted by molar-refractivity contribution is -0.0129. The Morgan fingerprint density at radius 2 is 2.21 bits per heavy atom. The van der Waals surface area contributed by atoms with Gasteiger partial charge < -0.3 is 10.1 Å². The number of ether oxygens (including phenoxy) is 1. The van der Waals surface area contributed by atoms with Gasteiger partial charge in [0.2, 0.25) is 0 Å². The van der Waals surface area contributed by atoms with E-state index in [1.807, 2.05) is 43.0 Å². The van der Waals surface area contributed by atoms with Crippen LogP contribution < -0.4 is 5.32 Å². The van der Waals surface area contributed by atoms with Gasteiger partial charge in [0.1, 0.15) is 9.88 Å². The Morgan fingerprint density at radius 1 is 1.39 bits per heavy atom. The van der Waals surface area contributed by atoms with Crippen molar-refractivity contribution in [1.82, 2.24) is 15.2 Å². The molecule has 2 aliphatic rings. The van der Waals surface area contributed by atoms with Gasteiger partial charge in [-0.1, -0.05) is 23.7 Å². The van der Waals surface area contributed by atoms with Crippen LogP contribution in [0.15, 0.2) is 24.3 Å². The molecule has 1 N–H and O–H groups in total. The Morgan fingerprint density at radius 3 is 2.93 bits per heavy atom. The number of hydrogen-bond acceptors (Lipinski definition) is 6. The third kappa shape index (κ3) is 4.24. The van der Waals surface area contributed by atoms with Crippen molar-refractivity contribution in [2.24, 2.45) is 0 Å². The standard InChI is InChI=1S/C20H24ClN3O2S2/c1-14-17(28-19(23-14)15-3-2-4-16(21)11-15)18(25)22-12-20(5-10-27-13-20)24-6-8-26-9-7-24/h2-4,11H,5-10,12-13H2,1H3,(H,22,25). The zero-order valence-electron chi connectivity index (χ0n) is 15.9. The van der Waals surface area contributed by atoms with Crippen LogP contribution in [0.4, 0.5) is 0 Å². The number of halogens is 1. The molecule has 1 aromatic carbocycles. The lowest BCUT2D eigenvalue weighted by Crippen LogP contribution is -2.59. The number of aryl methyl sites for hydroxylation is 1. The van der Waals surface area contributed by atoms with Crippen LogP contribution in [0.25, 0.3) is 10.6 Å². The molecule has 1 amide bonds. The number of carbonyl (C=O) groups excluding carboxylic acids is 1. The van der Waals surface area contributed by atoms with E-state index in [1.165, 1.54) is 11.3 Å². The van der Waals surface area contributed by atoms with E-state index in [-0.39, 0.29) is 11.4 Å². The summed E-state index contributed by atoms with van der Waals surface area (Å²) < 4.78 is 5.52. The second-order valence-corrected chi connectivity index (χ2v) is 9.79. The number of aromatic nitrogens is 1. The van der Waals surface area contributed by atoms with E-state index < -0.39 is 0 Å². The molecule has 1 aromatic heterocycles. The normalized spacial score (nSPS) is 23.1. The molecule has 8 heteroatoms. The number of amides is 1. The van der Waals surface area contributed by atoms with Crippen LogP contribution in [0.1, 0.15) is 21.8 Å². The molecule has 0 bridgehead atoms. The molecular formula is C20H24ClN3O2S2. The molecule has 0 aliphatic carbocycles. The van der Waals surface area contributed by atoms with Gasteiger partial charge in [-0.05, 0) is 31.2 Å². The van der Waals surface area contributed by atoms with Gasteiger partial charge in [0.25, 0.3) is 5.91 Å². The second kappa shape index (κ2) is 8.71. The van der Waals surface area contributed by atoms with Crippen LogP contribution in [0.5, 0.6) is 0 Å². The Bertz CT molecular complexity index is 846. The first-order chi connectivity index (χ1) is 13.6. The average molecular weight is 438 g/mol. The first kappa shape index (κ1) is 20.2. The monoisotopic (exact) mass is 437 g/mol. The number of nitrogens with one attached hydrogen (secondary N) is 1. The summed E-state index contributed by atoms with van der Waals surface area (Å²) in [6.07, 6.45) is 1.10. The third-order valence-corrected chi connectivity index (χ3v) is 8.09. The van der Waals surface area contributed by atoms with E-state index >= 15 is 0 Å². The van der Waals surface area contributed by atoms with Crippen molar-refractivity contribution in [3.63, 3.8) is 0 Å². The number of morpholine rings is 1. The highest BCUT2D eigenvalue weighted by Crippen LogP contribution is 2.34. The summed E-state index contributed by atoms with van der Waals surface area (Å²) in [4.78, 5) is 20.7. The molecular weight excluding hydrogens is 414 g/mol. The largest absolute Gasteiger partial charge is 0.379 e. The predicted molar refractivity (Wildman–Crippen MR) is 117 cm³/mol. The average Bonchev–Trinajstić information content (AvgIpc) is 3.35. The van der Waals surface area contributed by atoms with Crippen molar-refractivity contribution in [2.45, 2.75) is 18.9 Å². The van der Waals surface area contributed by atoms with E-state index in [0.29, 0.717) is 16.4 Å². The van der Waals surface area contributed by atoms with Gasteiger partial charge in [-0.3, -0.25) is 9.69 Å². The molecule has 4 rings (SSSR count). The summed E-state index contributed by atoms with van der Waals surface area (Å²) in [5.74, 6) is 2.17. The fourth-order valence-electron chi connectivity index (χ4n) is 3.81. The lowest BCUT2D eigenvalue weighted by Gasteiger charge is -2.43. The molecule has 2 saturated heterocycles. The van der Waals surface area contributed by atoms with E-state index in [2.05, 4.69) is 15.2 Å². The maximum atomic E-state index is 12.9. The van der Waals surface area contributed by atoms with Crippen molar-refractivity contribution in [2.75, 3.05) is 44.4 Å². The van der Waals surface area contributed by atoms with Gasteiger partial charge in [-0.15, -0.1) is 11.3 Å². The summed E-state index contributed by atoms with van der Waals surface area (Å²) in [5, 5.41) is 4.70. The Labute approximate surface area is 178 Å². The minimum atomic E-state index is -0.0344. The Hall–Kier alpha value is -1.12. The van der Waals surface area contributed by atoms with E-state index in [9.17, 15) is 4.79 Å². The SMILES string of the molecule is Cc1nc(-c2cccc(Cl)c2)sc1C(=O)NCC1(N2CCOCC2)CCSC1. The van der Waals surface area contributed by atoms with Crippen molar-refractivity contribution in [3.8, 4) is 10.6 Å². The molecule has 2 aromatic rings. The van der Waals surface area contributed by atoms with Crippen molar-refractivity contribution < 1.29 is 9.53 Å². The highest BCUT2D eigenvalue weighted by Gasteiger charge is 2.41. The summed E-state index contributed by atoms with van der Waals surface area (Å²) >= 11 is 9.50. The smallest absolute Gasteiger partial charge is 0.263 e. The molecule has 1 atom stereocenters. The van der Waals surface area contributed by atoms with Gasteiger partial charge >= 0.3 is 0 Å². The minimum Gasteiger partial charge on any atom is -0.379 e. The van der Waals surface area contributed by atoms with Gasteiger partial charge in [0.05, 0.1) is 18.9 Å². The summed E-state index contributed by atoms with van der Waals surface area (Å²) in [5.41, 5.74) is 1.74. The molecule has 1 unspecified atom stereocenters. The summed E-state index contributed by atoms with van der Waals surface area (Å²) in [7, 11) is 0. The molecule has 0 spiro atoms. The first-order valence-corrected chi connectivity index (χ1v) is 11.8. The van der Waals surface area contributed by atoms with E-state index in [1.54, 1.807) is 0 Å². The van der Waals surface area contributed by atoms with Crippen LogP contribution in [0.3, 0.4) is 0 Å². The number of benzene rings is 1. The molecule has 150 valence electrons. The predicted octanol–water partition coefficient (Wildman–Crippen LogP) is 3.71. The highest BCUT2D eigenvalue weighted by molar-refractivity contribution is 7.99. The molecule has 2 fully saturated rings. The first-order valence-electron chi connectivity index (χ1n) is 9.49. The molecule has 0 saturated carbocycles. The number of nitrogens with zero attached hydrogens (tertiary/aromatic N) is 2. The summed E-state index contributed by atoms with van der Waals surface area (Å²) in [6.45, 7) is 5.99. The van der Waals surface area contributed by atoms with Gasteiger partial charge in [0, 0.05) is 41.5 Å². The fraction of sp³-hybridized carbons (Fsp3) is 0.500. The quantitative estimate of drug-likeness (QED) is 0.772. The van der Waals surface area contributed by atoms with Crippen molar-refractivity contribution in [3.05, 3.63) is 39.9 Å².